The predicted octanol–water partition coefficient (Wildman–Crippen LogP) is 1.54. The molecule has 16 heavy (non-hydrogen) atoms. The van der Waals surface area contributed by atoms with E-state index in [1.165, 1.54) is 12.7 Å². The van der Waals surface area contributed by atoms with Gasteiger partial charge in [0.15, 0.2) is 0 Å². The van der Waals surface area contributed by atoms with E-state index in [-0.39, 0.29) is 0 Å². The van der Waals surface area contributed by atoms with Gasteiger partial charge in [-0.1, -0.05) is 12.2 Å². The van der Waals surface area contributed by atoms with E-state index in [0.29, 0.717) is 0 Å². The van der Waals surface area contributed by atoms with Crippen molar-refractivity contribution in [3.8, 4) is 0 Å². The predicted molar refractivity (Wildman–Crippen MR) is 62.1 cm³/mol. The molecule has 0 spiro atoms. The van der Waals surface area contributed by atoms with Crippen LogP contribution in [-0.4, -0.2) is 29.5 Å². The zero-order valence-corrected chi connectivity index (χ0v) is 9.30. The standard InChI is InChI=1S/2C5H7N3/c2*1-2-3-8-5-6-4-7-8/h2*2-5H,1H3/b3-2+;3-2-. The van der Waals surface area contributed by atoms with Gasteiger partial charge in [-0.2, -0.15) is 10.2 Å². The van der Waals surface area contributed by atoms with E-state index >= 15 is 0 Å². The van der Waals surface area contributed by atoms with E-state index in [1.54, 1.807) is 22.0 Å². The summed E-state index contributed by atoms with van der Waals surface area (Å²) in [4.78, 5) is 7.48. The maximum atomic E-state index is 3.82. The van der Waals surface area contributed by atoms with Crippen molar-refractivity contribution in [2.75, 3.05) is 0 Å². The topological polar surface area (TPSA) is 61.4 Å². The van der Waals surface area contributed by atoms with Gasteiger partial charge in [-0.3, -0.25) is 0 Å². The fourth-order valence-electron chi connectivity index (χ4n) is 0.894. The molecule has 0 fully saturated rings. The molecular formula is C10H14N6. The molecule has 0 saturated carbocycles. The molecular weight excluding hydrogens is 204 g/mol. The third-order valence-corrected chi connectivity index (χ3v) is 1.48. The summed E-state index contributed by atoms with van der Waals surface area (Å²) in [5.74, 6) is 0. The van der Waals surface area contributed by atoms with Crippen LogP contribution in [0.2, 0.25) is 0 Å². The van der Waals surface area contributed by atoms with E-state index in [2.05, 4.69) is 20.2 Å². The van der Waals surface area contributed by atoms with Crippen LogP contribution in [0, 0.1) is 0 Å². The Hall–Kier alpha value is -2.24. The van der Waals surface area contributed by atoms with Crippen LogP contribution < -0.4 is 0 Å². The van der Waals surface area contributed by atoms with E-state index < -0.39 is 0 Å². The van der Waals surface area contributed by atoms with Gasteiger partial charge >= 0.3 is 0 Å². The Morgan fingerprint density at radius 2 is 1.25 bits per heavy atom. The Labute approximate surface area is 94.0 Å². The lowest BCUT2D eigenvalue weighted by Gasteiger charge is -1.81. The molecule has 0 saturated heterocycles. The smallest absolute Gasteiger partial charge is 0.138 e. The van der Waals surface area contributed by atoms with Gasteiger partial charge in [0.2, 0.25) is 0 Å². The van der Waals surface area contributed by atoms with Crippen LogP contribution in [0.25, 0.3) is 12.4 Å². The summed E-state index contributed by atoms with van der Waals surface area (Å²) in [5.41, 5.74) is 0. The number of nitrogens with zero attached hydrogens (tertiary/aromatic N) is 6. The molecule has 0 aliphatic heterocycles. The monoisotopic (exact) mass is 218 g/mol. The quantitative estimate of drug-likeness (QED) is 0.767. The van der Waals surface area contributed by atoms with Crippen molar-refractivity contribution in [2.45, 2.75) is 13.8 Å². The van der Waals surface area contributed by atoms with Crippen molar-refractivity contribution >= 4 is 12.4 Å². The minimum absolute atomic E-state index is 1.50. The summed E-state index contributed by atoms with van der Waals surface area (Å²) in [6, 6.07) is 0. The van der Waals surface area contributed by atoms with E-state index in [1.807, 2.05) is 38.4 Å². The van der Waals surface area contributed by atoms with Gasteiger partial charge in [-0.15, -0.1) is 0 Å². The zero-order chi connectivity index (χ0) is 11.6. The third-order valence-electron chi connectivity index (χ3n) is 1.48. The number of hydrogen-bond donors (Lipinski definition) is 0. The third kappa shape index (κ3) is 4.32. The Balaban J connectivity index is 0.000000160. The van der Waals surface area contributed by atoms with Crippen molar-refractivity contribution in [1.29, 1.82) is 0 Å². The van der Waals surface area contributed by atoms with Gasteiger partial charge in [0.05, 0.1) is 0 Å². The molecule has 0 bridgehead atoms. The van der Waals surface area contributed by atoms with Crippen molar-refractivity contribution in [1.82, 2.24) is 29.5 Å². The fourth-order valence-corrected chi connectivity index (χ4v) is 0.894. The number of rotatable bonds is 2. The number of aromatic nitrogens is 6. The molecule has 6 heteroatoms. The highest BCUT2D eigenvalue weighted by atomic mass is 15.3. The molecule has 0 radical (unpaired) electrons. The summed E-state index contributed by atoms with van der Waals surface area (Å²) in [7, 11) is 0. The highest BCUT2D eigenvalue weighted by Gasteiger charge is 1.77. The van der Waals surface area contributed by atoms with E-state index in [9.17, 15) is 0 Å². The Morgan fingerprint density at radius 1 is 0.812 bits per heavy atom. The van der Waals surface area contributed by atoms with Crippen LogP contribution in [0.4, 0.5) is 0 Å². The molecule has 2 heterocycles. The lowest BCUT2D eigenvalue weighted by atomic mass is 10.7. The van der Waals surface area contributed by atoms with Gasteiger partial charge < -0.3 is 0 Å². The van der Waals surface area contributed by atoms with Crippen molar-refractivity contribution in [2.24, 2.45) is 0 Å². The van der Waals surface area contributed by atoms with Crippen LogP contribution >= 0.6 is 0 Å². The minimum atomic E-state index is 1.50. The molecule has 2 aromatic rings. The van der Waals surface area contributed by atoms with Crippen molar-refractivity contribution in [3.05, 3.63) is 37.5 Å². The molecule has 0 unspecified atom stereocenters. The highest BCUT2D eigenvalue weighted by Crippen LogP contribution is 1.79. The largest absolute Gasteiger partial charge is 0.229 e. The van der Waals surface area contributed by atoms with Crippen LogP contribution in [0.1, 0.15) is 13.8 Å². The average Bonchev–Trinajstić information content (AvgIpc) is 2.92. The maximum Gasteiger partial charge on any atom is 0.138 e. The summed E-state index contributed by atoms with van der Waals surface area (Å²) < 4.78 is 3.28. The maximum absolute atomic E-state index is 3.82. The normalized spacial score (nSPS) is 10.6. The van der Waals surface area contributed by atoms with E-state index in [0.717, 1.165) is 0 Å². The number of hydrogen-bond acceptors (Lipinski definition) is 4. The minimum Gasteiger partial charge on any atom is -0.229 e. The highest BCUT2D eigenvalue weighted by molar-refractivity contribution is 5.16. The van der Waals surface area contributed by atoms with Crippen LogP contribution in [0.3, 0.4) is 0 Å². The van der Waals surface area contributed by atoms with Crippen LogP contribution in [0.5, 0.6) is 0 Å². The molecule has 2 rings (SSSR count). The second-order valence-corrected chi connectivity index (χ2v) is 2.72. The molecule has 0 amide bonds. The van der Waals surface area contributed by atoms with Crippen molar-refractivity contribution in [3.63, 3.8) is 0 Å². The summed E-state index contributed by atoms with van der Waals surface area (Å²) in [6.45, 7) is 3.86. The molecule has 0 aliphatic carbocycles. The Bertz CT molecular complexity index is 370. The molecule has 6 nitrogen and oxygen atoms in total. The molecule has 0 N–H and O–H groups in total. The summed E-state index contributed by atoms with van der Waals surface area (Å²) in [6.07, 6.45) is 13.7. The molecule has 0 atom stereocenters. The zero-order valence-electron chi connectivity index (χ0n) is 9.30. The van der Waals surface area contributed by atoms with Gasteiger partial charge in [0.1, 0.15) is 25.3 Å². The first kappa shape index (κ1) is 11.8. The lowest BCUT2D eigenvalue weighted by Crippen LogP contribution is -1.82. The Morgan fingerprint density at radius 3 is 1.50 bits per heavy atom. The second kappa shape index (κ2) is 7.10. The number of allylic oxidation sites excluding steroid dienone is 2. The van der Waals surface area contributed by atoms with Crippen molar-refractivity contribution < 1.29 is 0 Å². The first-order chi connectivity index (χ1) is 7.86. The van der Waals surface area contributed by atoms with Crippen LogP contribution in [-0.2, 0) is 0 Å². The molecule has 84 valence electrons. The SMILES string of the molecule is C/C=C/n1cncn1.C/C=C\n1cncn1. The van der Waals surface area contributed by atoms with Gasteiger partial charge in [-0.05, 0) is 13.8 Å². The lowest BCUT2D eigenvalue weighted by molar-refractivity contribution is 0.932. The molecule has 0 aliphatic rings. The van der Waals surface area contributed by atoms with Gasteiger partial charge in [-0.25, -0.2) is 19.3 Å². The van der Waals surface area contributed by atoms with Gasteiger partial charge in [0, 0.05) is 12.4 Å². The second-order valence-electron chi connectivity index (χ2n) is 2.72. The van der Waals surface area contributed by atoms with Crippen LogP contribution in [0.15, 0.2) is 37.5 Å². The average molecular weight is 218 g/mol. The first-order valence-corrected chi connectivity index (χ1v) is 4.80. The molecule has 0 aromatic carbocycles. The fraction of sp³-hybridized carbons (Fsp3) is 0.200. The first-order valence-electron chi connectivity index (χ1n) is 4.80. The van der Waals surface area contributed by atoms with E-state index in [4.69, 9.17) is 0 Å². The summed E-state index contributed by atoms with van der Waals surface area (Å²) >= 11 is 0. The molecule has 2 aromatic heterocycles. The summed E-state index contributed by atoms with van der Waals surface area (Å²) in [5, 5.41) is 7.65. The van der Waals surface area contributed by atoms with Gasteiger partial charge in [0.25, 0.3) is 0 Å². The Kier molecular flexibility index (Phi) is 5.25.